The number of hydrogen-bond donors (Lipinski definition) is 1. The predicted octanol–water partition coefficient (Wildman–Crippen LogP) is 5.66. The van der Waals surface area contributed by atoms with Gasteiger partial charge in [0.2, 0.25) is 5.56 Å². The molecule has 0 unspecified atom stereocenters. The van der Waals surface area contributed by atoms with E-state index in [-0.39, 0.29) is 11.4 Å². The molecule has 28 heavy (non-hydrogen) atoms. The number of fused-ring (bicyclic) bond motifs is 2. The lowest BCUT2D eigenvalue weighted by atomic mass is 9.98. The molecule has 0 aliphatic carbocycles. The van der Waals surface area contributed by atoms with Crippen molar-refractivity contribution in [2.24, 2.45) is 0 Å². The zero-order valence-corrected chi connectivity index (χ0v) is 15.8. The highest BCUT2D eigenvalue weighted by Gasteiger charge is 2.15. The molecule has 0 radical (unpaired) electrons. The Bertz CT molecular complexity index is 1410. The second-order valence-electron chi connectivity index (χ2n) is 6.31. The minimum Gasteiger partial charge on any atom is -0.307 e. The topological polar surface area (TPSA) is 58.6 Å². The van der Waals surface area contributed by atoms with E-state index < -0.39 is 0 Å². The fourth-order valence-corrected chi connectivity index (χ4v) is 4.27. The summed E-state index contributed by atoms with van der Waals surface area (Å²) < 4.78 is 14.4. The summed E-state index contributed by atoms with van der Waals surface area (Å²) in [5.41, 5.74) is 5.84. The van der Waals surface area contributed by atoms with Crippen LogP contribution < -0.4 is 5.56 Å². The third-order valence-electron chi connectivity index (χ3n) is 4.53. The SMILES string of the molecule is O=c1ccc2cc(-c3cc(Cl)c4ncsc4c3)c(-c3ccc(F)cc3)nc2[nH]1. The van der Waals surface area contributed by atoms with Crippen LogP contribution in [0.1, 0.15) is 0 Å². The Balaban J connectivity index is 1.84. The van der Waals surface area contributed by atoms with E-state index in [1.165, 1.54) is 29.5 Å². The maximum Gasteiger partial charge on any atom is 0.249 e. The quantitative estimate of drug-likeness (QED) is 0.410. The number of thiazole rings is 1. The number of nitrogens with one attached hydrogen (secondary N) is 1. The fourth-order valence-electron chi connectivity index (χ4n) is 3.21. The Morgan fingerprint density at radius 2 is 1.82 bits per heavy atom. The maximum atomic E-state index is 13.4. The monoisotopic (exact) mass is 407 g/mol. The standard InChI is InChI=1S/C21H11ClFN3OS/c22-16-8-13(9-17-20(16)24-10-28-17)15-7-12-3-6-18(27)25-21(12)26-19(15)11-1-4-14(23)5-2-11/h1-10H,(H,25,26,27). The van der Waals surface area contributed by atoms with Crippen molar-refractivity contribution < 1.29 is 4.39 Å². The molecular formula is C21H11ClFN3OS. The molecule has 0 aliphatic rings. The lowest BCUT2D eigenvalue weighted by Crippen LogP contribution is -2.04. The third kappa shape index (κ3) is 2.87. The van der Waals surface area contributed by atoms with Gasteiger partial charge in [0.05, 0.1) is 26.4 Å². The van der Waals surface area contributed by atoms with Crippen LogP contribution in [0, 0.1) is 5.82 Å². The van der Waals surface area contributed by atoms with Crippen LogP contribution in [-0.2, 0) is 0 Å². The third-order valence-corrected chi connectivity index (χ3v) is 5.59. The molecule has 5 aromatic rings. The molecule has 2 aromatic carbocycles. The van der Waals surface area contributed by atoms with E-state index in [0.29, 0.717) is 16.4 Å². The van der Waals surface area contributed by atoms with Gasteiger partial charge in [-0.3, -0.25) is 4.79 Å². The Morgan fingerprint density at radius 3 is 2.64 bits per heavy atom. The highest BCUT2D eigenvalue weighted by atomic mass is 35.5. The number of benzene rings is 2. The van der Waals surface area contributed by atoms with Gasteiger partial charge < -0.3 is 4.98 Å². The van der Waals surface area contributed by atoms with Crippen molar-refractivity contribution in [3.63, 3.8) is 0 Å². The summed E-state index contributed by atoms with van der Waals surface area (Å²) in [4.78, 5) is 23.4. The zero-order valence-electron chi connectivity index (χ0n) is 14.2. The number of halogens is 2. The molecule has 7 heteroatoms. The van der Waals surface area contributed by atoms with Crippen LogP contribution in [0.2, 0.25) is 5.02 Å². The van der Waals surface area contributed by atoms with Crippen LogP contribution in [0.25, 0.3) is 43.6 Å². The minimum atomic E-state index is -0.325. The molecule has 0 spiro atoms. The van der Waals surface area contributed by atoms with Gasteiger partial charge in [0.1, 0.15) is 11.5 Å². The molecule has 0 amide bonds. The average Bonchev–Trinajstić information content (AvgIpc) is 3.17. The second-order valence-corrected chi connectivity index (χ2v) is 7.60. The summed E-state index contributed by atoms with van der Waals surface area (Å²) in [6.45, 7) is 0. The maximum absolute atomic E-state index is 13.4. The fraction of sp³-hybridized carbons (Fsp3) is 0. The summed E-state index contributed by atoms with van der Waals surface area (Å²) in [7, 11) is 0. The summed E-state index contributed by atoms with van der Waals surface area (Å²) in [6.07, 6.45) is 0. The number of H-pyrrole nitrogens is 1. The summed E-state index contributed by atoms with van der Waals surface area (Å²) in [5, 5.41) is 1.35. The first kappa shape index (κ1) is 17.0. The Morgan fingerprint density at radius 1 is 1.00 bits per heavy atom. The van der Waals surface area contributed by atoms with Crippen molar-refractivity contribution in [2.75, 3.05) is 0 Å². The number of aromatic amines is 1. The molecule has 0 saturated heterocycles. The van der Waals surface area contributed by atoms with Crippen molar-refractivity contribution in [2.45, 2.75) is 0 Å². The molecule has 136 valence electrons. The Hall–Kier alpha value is -3.09. The van der Waals surface area contributed by atoms with Crippen LogP contribution in [0.3, 0.4) is 0 Å². The van der Waals surface area contributed by atoms with Crippen molar-refractivity contribution in [1.29, 1.82) is 0 Å². The van der Waals surface area contributed by atoms with Crippen molar-refractivity contribution in [3.05, 3.63) is 81.3 Å². The average molecular weight is 408 g/mol. The first-order valence-electron chi connectivity index (χ1n) is 8.42. The molecule has 5 rings (SSSR count). The van der Waals surface area contributed by atoms with Gasteiger partial charge in [-0.25, -0.2) is 14.4 Å². The van der Waals surface area contributed by atoms with Crippen LogP contribution in [0.4, 0.5) is 4.39 Å². The first-order chi connectivity index (χ1) is 13.6. The van der Waals surface area contributed by atoms with Crippen molar-refractivity contribution in [1.82, 2.24) is 15.0 Å². The van der Waals surface area contributed by atoms with Crippen molar-refractivity contribution in [3.8, 4) is 22.4 Å². The number of nitrogens with zero attached hydrogens (tertiary/aromatic N) is 2. The minimum absolute atomic E-state index is 0.230. The summed E-state index contributed by atoms with van der Waals surface area (Å²) >= 11 is 7.94. The first-order valence-corrected chi connectivity index (χ1v) is 9.67. The van der Waals surface area contributed by atoms with E-state index in [0.717, 1.165) is 32.3 Å². The van der Waals surface area contributed by atoms with Crippen molar-refractivity contribution >= 4 is 44.2 Å². The molecule has 4 nitrogen and oxygen atoms in total. The largest absolute Gasteiger partial charge is 0.307 e. The number of hydrogen-bond acceptors (Lipinski definition) is 4. The number of aromatic nitrogens is 3. The molecule has 0 saturated carbocycles. The van der Waals surface area contributed by atoms with Crippen LogP contribution >= 0.6 is 22.9 Å². The molecular weight excluding hydrogens is 397 g/mol. The van der Waals surface area contributed by atoms with E-state index in [4.69, 9.17) is 11.6 Å². The Labute approximate surface area is 167 Å². The molecule has 0 atom stereocenters. The van der Waals surface area contributed by atoms with Crippen LogP contribution in [-0.4, -0.2) is 15.0 Å². The predicted molar refractivity (Wildman–Crippen MR) is 111 cm³/mol. The zero-order chi connectivity index (χ0) is 19.3. The highest BCUT2D eigenvalue weighted by Crippen LogP contribution is 2.37. The normalized spacial score (nSPS) is 11.4. The summed E-state index contributed by atoms with van der Waals surface area (Å²) in [5.74, 6) is -0.325. The molecule has 0 aliphatic heterocycles. The van der Waals surface area contributed by atoms with E-state index in [9.17, 15) is 9.18 Å². The smallest absolute Gasteiger partial charge is 0.249 e. The molecule has 0 fully saturated rings. The van der Waals surface area contributed by atoms with E-state index in [2.05, 4.69) is 15.0 Å². The lowest BCUT2D eigenvalue weighted by molar-refractivity contribution is 0.628. The van der Waals surface area contributed by atoms with Gasteiger partial charge in [-0.05, 0) is 54.1 Å². The van der Waals surface area contributed by atoms with Gasteiger partial charge >= 0.3 is 0 Å². The molecule has 3 aromatic heterocycles. The van der Waals surface area contributed by atoms with E-state index >= 15 is 0 Å². The van der Waals surface area contributed by atoms with Crippen LogP contribution in [0.5, 0.6) is 0 Å². The number of rotatable bonds is 2. The van der Waals surface area contributed by atoms with Gasteiger partial charge in [0.15, 0.2) is 0 Å². The summed E-state index contributed by atoms with van der Waals surface area (Å²) in [6, 6.07) is 15.1. The number of pyridine rings is 2. The van der Waals surface area contributed by atoms with Crippen LogP contribution in [0.15, 0.2) is 64.9 Å². The van der Waals surface area contributed by atoms with Gasteiger partial charge in [0, 0.05) is 22.6 Å². The molecule has 0 bridgehead atoms. The Kier molecular flexibility index (Phi) is 3.96. The molecule has 1 N–H and O–H groups in total. The van der Waals surface area contributed by atoms with Gasteiger partial charge in [-0.15, -0.1) is 11.3 Å². The van der Waals surface area contributed by atoms with Gasteiger partial charge in [-0.2, -0.15) is 0 Å². The van der Waals surface area contributed by atoms with Gasteiger partial charge in [-0.1, -0.05) is 11.6 Å². The second kappa shape index (κ2) is 6.51. The van der Waals surface area contributed by atoms with Gasteiger partial charge in [0.25, 0.3) is 0 Å². The molecule has 3 heterocycles. The van der Waals surface area contributed by atoms with E-state index in [1.54, 1.807) is 23.7 Å². The van der Waals surface area contributed by atoms with E-state index in [1.807, 2.05) is 18.2 Å². The lowest BCUT2D eigenvalue weighted by Gasteiger charge is -2.12. The highest BCUT2D eigenvalue weighted by molar-refractivity contribution is 7.16.